The van der Waals surface area contributed by atoms with Crippen LogP contribution in [0, 0.1) is 0 Å². The second-order valence-corrected chi connectivity index (χ2v) is 6.14. The molecule has 23 heavy (non-hydrogen) atoms. The third-order valence-corrected chi connectivity index (χ3v) is 3.80. The second-order valence-electron chi connectivity index (χ2n) is 6.14. The van der Waals surface area contributed by atoms with E-state index in [1.165, 1.54) is 0 Å². The Morgan fingerprint density at radius 2 is 1.52 bits per heavy atom. The second kappa shape index (κ2) is 6.32. The summed E-state index contributed by atoms with van der Waals surface area (Å²) in [6, 6.07) is 5.87. The van der Waals surface area contributed by atoms with Crippen molar-refractivity contribution in [1.82, 2.24) is 9.80 Å². The molecule has 4 amide bonds. The number of amides is 4. The zero-order chi connectivity index (χ0) is 17.3. The van der Waals surface area contributed by atoms with Gasteiger partial charge >= 0.3 is 17.8 Å². The van der Waals surface area contributed by atoms with Crippen LogP contribution in [-0.2, 0) is 9.59 Å². The molecule has 0 radical (unpaired) electrons. The van der Waals surface area contributed by atoms with E-state index in [9.17, 15) is 19.2 Å². The monoisotopic (exact) mass is 316 g/mol. The van der Waals surface area contributed by atoms with E-state index in [-0.39, 0.29) is 5.78 Å². The summed E-state index contributed by atoms with van der Waals surface area (Å²) in [7, 11) is 0. The summed E-state index contributed by atoms with van der Waals surface area (Å²) in [5.74, 6) is -1.86. The van der Waals surface area contributed by atoms with Crippen molar-refractivity contribution in [3.63, 3.8) is 0 Å². The molecule has 0 aliphatic carbocycles. The summed E-state index contributed by atoms with van der Waals surface area (Å²) in [6.07, 6.45) is 0. The zero-order valence-electron chi connectivity index (χ0n) is 13.7. The molecular weight excluding hydrogens is 296 g/mol. The van der Waals surface area contributed by atoms with Crippen molar-refractivity contribution < 1.29 is 19.2 Å². The number of hydrogen-bond acceptors (Lipinski definition) is 4. The molecule has 0 unspecified atom stereocenters. The number of carbonyl (C=O) groups is 4. The Morgan fingerprint density at radius 3 is 1.96 bits per heavy atom. The molecule has 0 bridgehead atoms. The minimum Gasteiger partial charge on any atom is -0.292 e. The van der Waals surface area contributed by atoms with Crippen molar-refractivity contribution in [1.29, 1.82) is 0 Å². The lowest BCUT2D eigenvalue weighted by Crippen LogP contribution is -2.39. The van der Waals surface area contributed by atoms with E-state index in [0.29, 0.717) is 16.4 Å². The lowest BCUT2D eigenvalue weighted by molar-refractivity contribution is -0.143. The molecule has 1 fully saturated rings. The SMILES string of the molecule is CC(C)c1ccc(C(=O)CN2C(=O)C(=O)N(C(C)C)C2=O)cc1. The summed E-state index contributed by atoms with van der Waals surface area (Å²) in [5.41, 5.74) is 1.50. The van der Waals surface area contributed by atoms with Gasteiger partial charge in [-0.25, -0.2) is 9.69 Å². The van der Waals surface area contributed by atoms with Crippen LogP contribution in [0.25, 0.3) is 0 Å². The van der Waals surface area contributed by atoms with Gasteiger partial charge in [-0.1, -0.05) is 38.1 Å². The number of rotatable bonds is 5. The molecule has 1 heterocycles. The summed E-state index contributed by atoms with van der Waals surface area (Å²) < 4.78 is 0. The van der Waals surface area contributed by atoms with Crippen LogP contribution in [0.15, 0.2) is 24.3 Å². The predicted octanol–water partition coefficient (Wildman–Crippen LogP) is 2.19. The highest BCUT2D eigenvalue weighted by molar-refractivity contribution is 6.45. The van der Waals surface area contributed by atoms with Gasteiger partial charge in [-0.15, -0.1) is 0 Å². The fraction of sp³-hybridized carbons (Fsp3) is 0.412. The number of carbonyl (C=O) groups excluding carboxylic acids is 4. The minimum atomic E-state index is -0.948. The zero-order valence-corrected chi connectivity index (χ0v) is 13.7. The fourth-order valence-electron chi connectivity index (χ4n) is 2.41. The maximum Gasteiger partial charge on any atom is 0.334 e. The smallest absolute Gasteiger partial charge is 0.292 e. The van der Waals surface area contributed by atoms with Crippen LogP contribution in [0.3, 0.4) is 0 Å². The van der Waals surface area contributed by atoms with Gasteiger partial charge in [0, 0.05) is 11.6 Å². The molecule has 2 rings (SSSR count). The third kappa shape index (κ3) is 3.16. The average molecular weight is 316 g/mol. The molecule has 1 aromatic rings. The number of Topliss-reactive ketones (excluding diaryl/α,β-unsaturated/α-hetero) is 1. The highest BCUT2D eigenvalue weighted by Crippen LogP contribution is 2.18. The summed E-state index contributed by atoms with van der Waals surface area (Å²) in [4.78, 5) is 49.7. The molecule has 1 aromatic carbocycles. The highest BCUT2D eigenvalue weighted by Gasteiger charge is 2.46. The Kier molecular flexibility index (Phi) is 4.63. The number of ketones is 1. The molecule has 0 spiro atoms. The molecule has 1 aliphatic rings. The predicted molar refractivity (Wildman–Crippen MR) is 84.0 cm³/mol. The van der Waals surface area contributed by atoms with Gasteiger partial charge in [0.15, 0.2) is 5.78 Å². The van der Waals surface area contributed by atoms with Crippen molar-refractivity contribution in [2.75, 3.05) is 6.54 Å². The summed E-state index contributed by atoms with van der Waals surface area (Å²) in [5, 5.41) is 0. The average Bonchev–Trinajstić information content (AvgIpc) is 2.71. The first-order valence-electron chi connectivity index (χ1n) is 7.56. The molecule has 6 heteroatoms. The van der Waals surface area contributed by atoms with E-state index in [1.54, 1.807) is 26.0 Å². The molecular formula is C17H20N2O4. The van der Waals surface area contributed by atoms with Crippen molar-refractivity contribution in [2.45, 2.75) is 39.7 Å². The van der Waals surface area contributed by atoms with Gasteiger partial charge in [0.1, 0.15) is 0 Å². The number of imide groups is 2. The molecule has 0 saturated carbocycles. The largest absolute Gasteiger partial charge is 0.334 e. The van der Waals surface area contributed by atoms with Gasteiger partial charge < -0.3 is 0 Å². The van der Waals surface area contributed by atoms with E-state index in [1.807, 2.05) is 26.0 Å². The number of hydrogen-bond donors (Lipinski definition) is 0. The van der Waals surface area contributed by atoms with E-state index in [0.717, 1.165) is 10.5 Å². The molecule has 1 aliphatic heterocycles. The first-order valence-corrected chi connectivity index (χ1v) is 7.56. The Morgan fingerprint density at radius 1 is 0.957 bits per heavy atom. The van der Waals surface area contributed by atoms with E-state index >= 15 is 0 Å². The lowest BCUT2D eigenvalue weighted by atomic mass is 10.0. The molecule has 122 valence electrons. The number of nitrogens with zero attached hydrogens (tertiary/aromatic N) is 2. The van der Waals surface area contributed by atoms with E-state index in [2.05, 4.69) is 0 Å². The van der Waals surface area contributed by atoms with Gasteiger partial charge in [-0.3, -0.25) is 19.3 Å². The van der Waals surface area contributed by atoms with Crippen LogP contribution in [-0.4, -0.2) is 46.0 Å². The van der Waals surface area contributed by atoms with Crippen molar-refractivity contribution in [3.05, 3.63) is 35.4 Å². The van der Waals surface area contributed by atoms with Gasteiger partial charge in [0.25, 0.3) is 0 Å². The quantitative estimate of drug-likeness (QED) is 0.474. The number of benzene rings is 1. The normalized spacial score (nSPS) is 15.3. The molecule has 0 atom stereocenters. The minimum absolute atomic E-state index is 0.345. The first-order chi connectivity index (χ1) is 10.7. The van der Waals surface area contributed by atoms with Crippen LogP contribution in [0.4, 0.5) is 4.79 Å². The standard InChI is InChI=1S/C17H20N2O4/c1-10(2)12-5-7-13(8-6-12)14(20)9-18-15(21)16(22)19(11(3)4)17(18)23/h5-8,10-11H,9H2,1-4H3. The Bertz CT molecular complexity index is 662. The molecule has 1 saturated heterocycles. The van der Waals surface area contributed by atoms with Crippen LogP contribution < -0.4 is 0 Å². The van der Waals surface area contributed by atoms with Crippen molar-refractivity contribution in [3.8, 4) is 0 Å². The third-order valence-electron chi connectivity index (χ3n) is 3.80. The van der Waals surface area contributed by atoms with Crippen LogP contribution in [0.2, 0.25) is 0 Å². The lowest BCUT2D eigenvalue weighted by Gasteiger charge is -2.18. The van der Waals surface area contributed by atoms with E-state index < -0.39 is 30.4 Å². The van der Waals surface area contributed by atoms with Crippen molar-refractivity contribution >= 4 is 23.6 Å². The number of urea groups is 1. The van der Waals surface area contributed by atoms with Gasteiger partial charge in [0.2, 0.25) is 0 Å². The Hall–Kier alpha value is -2.50. The fourth-order valence-corrected chi connectivity index (χ4v) is 2.41. The Balaban J connectivity index is 2.15. The Labute approximate surface area is 135 Å². The maximum absolute atomic E-state index is 12.3. The molecule has 0 N–H and O–H groups in total. The topological polar surface area (TPSA) is 74.8 Å². The van der Waals surface area contributed by atoms with Gasteiger partial charge in [0.05, 0.1) is 6.54 Å². The van der Waals surface area contributed by atoms with E-state index in [4.69, 9.17) is 0 Å². The summed E-state index contributed by atoms with van der Waals surface area (Å²) >= 11 is 0. The van der Waals surface area contributed by atoms with Crippen molar-refractivity contribution in [2.24, 2.45) is 0 Å². The maximum atomic E-state index is 12.3. The van der Waals surface area contributed by atoms with Crippen LogP contribution in [0.5, 0.6) is 0 Å². The molecule has 0 aromatic heterocycles. The first kappa shape index (κ1) is 16.9. The summed E-state index contributed by atoms with van der Waals surface area (Å²) in [6.45, 7) is 6.95. The van der Waals surface area contributed by atoms with Crippen LogP contribution in [0.1, 0.15) is 49.5 Å². The van der Waals surface area contributed by atoms with Gasteiger partial charge in [-0.05, 0) is 25.3 Å². The highest BCUT2D eigenvalue weighted by atomic mass is 16.2. The van der Waals surface area contributed by atoms with Crippen LogP contribution >= 0.6 is 0 Å². The van der Waals surface area contributed by atoms with Gasteiger partial charge in [-0.2, -0.15) is 0 Å². The molecule has 6 nitrogen and oxygen atoms in total.